The first-order chi connectivity index (χ1) is 5.16. The molecule has 0 bridgehead atoms. The Bertz CT molecular complexity index is 117. The van der Waals surface area contributed by atoms with Gasteiger partial charge in [0.1, 0.15) is 0 Å². The molecule has 0 spiro atoms. The van der Waals surface area contributed by atoms with Crippen LogP contribution in [0.4, 0.5) is 0 Å². The van der Waals surface area contributed by atoms with E-state index in [0.717, 1.165) is 18.2 Å². The fourth-order valence-electron chi connectivity index (χ4n) is 0.598. The SMILES string of the molecule is CC(=O)OCCCC(Br)CBr. The predicted molar refractivity (Wildman–Crippen MR) is 52.4 cm³/mol. The number of halogens is 2. The molecule has 0 saturated carbocycles. The zero-order valence-corrected chi connectivity index (χ0v) is 9.65. The molecule has 0 aliphatic rings. The van der Waals surface area contributed by atoms with Crippen molar-refractivity contribution in [1.29, 1.82) is 0 Å². The van der Waals surface area contributed by atoms with Gasteiger partial charge >= 0.3 is 5.97 Å². The molecule has 4 heteroatoms. The molecule has 11 heavy (non-hydrogen) atoms. The number of hydrogen-bond acceptors (Lipinski definition) is 2. The molecule has 0 aromatic carbocycles. The molecule has 0 saturated heterocycles. The molecule has 0 rings (SSSR count). The molecule has 0 fully saturated rings. The third-order valence-electron chi connectivity index (χ3n) is 1.13. The summed E-state index contributed by atoms with van der Waals surface area (Å²) in [6.07, 6.45) is 1.94. The van der Waals surface area contributed by atoms with Gasteiger partial charge in [-0.1, -0.05) is 31.9 Å². The first kappa shape index (κ1) is 11.4. The molecule has 1 atom stereocenters. The van der Waals surface area contributed by atoms with Crippen molar-refractivity contribution in [2.24, 2.45) is 0 Å². The van der Waals surface area contributed by atoms with E-state index in [1.54, 1.807) is 0 Å². The van der Waals surface area contributed by atoms with Gasteiger partial charge in [0.05, 0.1) is 6.61 Å². The number of alkyl halides is 2. The molecule has 1 unspecified atom stereocenters. The summed E-state index contributed by atoms with van der Waals surface area (Å²) in [6, 6.07) is 0. The zero-order valence-electron chi connectivity index (χ0n) is 6.48. The lowest BCUT2D eigenvalue weighted by Crippen LogP contribution is -2.04. The lowest BCUT2D eigenvalue weighted by molar-refractivity contribution is -0.141. The molecule has 2 nitrogen and oxygen atoms in total. The van der Waals surface area contributed by atoms with Crippen LogP contribution >= 0.6 is 31.9 Å². The summed E-state index contributed by atoms with van der Waals surface area (Å²) in [5.74, 6) is -0.199. The van der Waals surface area contributed by atoms with Crippen LogP contribution in [0.25, 0.3) is 0 Å². The minimum Gasteiger partial charge on any atom is -0.466 e. The molecule has 0 aliphatic heterocycles. The van der Waals surface area contributed by atoms with E-state index in [1.165, 1.54) is 6.92 Å². The summed E-state index contributed by atoms with van der Waals surface area (Å²) in [6.45, 7) is 1.96. The monoisotopic (exact) mass is 286 g/mol. The maximum Gasteiger partial charge on any atom is 0.302 e. The van der Waals surface area contributed by atoms with Crippen molar-refractivity contribution < 1.29 is 9.53 Å². The summed E-state index contributed by atoms with van der Waals surface area (Å²) in [4.78, 5) is 10.8. The Kier molecular flexibility index (Phi) is 7.38. The van der Waals surface area contributed by atoms with E-state index >= 15 is 0 Å². The maximum atomic E-state index is 10.3. The highest BCUT2D eigenvalue weighted by Crippen LogP contribution is 2.10. The van der Waals surface area contributed by atoms with Crippen molar-refractivity contribution in [3.8, 4) is 0 Å². The number of ether oxygens (including phenoxy) is 1. The highest BCUT2D eigenvalue weighted by Gasteiger charge is 2.01. The average molecular weight is 288 g/mol. The summed E-state index contributed by atoms with van der Waals surface area (Å²) >= 11 is 6.80. The van der Waals surface area contributed by atoms with Crippen LogP contribution in [0.15, 0.2) is 0 Å². The second-order valence-electron chi connectivity index (χ2n) is 2.23. The van der Waals surface area contributed by atoms with Crippen LogP contribution in [0.3, 0.4) is 0 Å². The van der Waals surface area contributed by atoms with Crippen LogP contribution in [0.5, 0.6) is 0 Å². The number of carbonyl (C=O) groups excluding carboxylic acids is 1. The predicted octanol–water partition coefficient (Wildman–Crippen LogP) is 2.49. The number of carbonyl (C=O) groups is 1. The summed E-state index contributed by atoms with van der Waals surface area (Å²) < 4.78 is 4.76. The molecule has 66 valence electrons. The van der Waals surface area contributed by atoms with Crippen molar-refractivity contribution in [3.63, 3.8) is 0 Å². The van der Waals surface area contributed by atoms with E-state index in [1.807, 2.05) is 0 Å². The summed E-state index contributed by atoms with van der Waals surface area (Å²) in [7, 11) is 0. The molecule has 0 heterocycles. The fraction of sp³-hybridized carbons (Fsp3) is 0.857. The van der Waals surface area contributed by atoms with Crippen molar-refractivity contribution >= 4 is 37.8 Å². The lowest BCUT2D eigenvalue weighted by atomic mass is 10.3. The molecular formula is C7H12Br2O2. The molecule has 0 aromatic heterocycles. The quantitative estimate of drug-likeness (QED) is 0.441. The smallest absolute Gasteiger partial charge is 0.302 e. The van der Waals surface area contributed by atoms with Gasteiger partial charge < -0.3 is 4.74 Å². The Morgan fingerprint density at radius 2 is 2.27 bits per heavy atom. The number of rotatable bonds is 5. The van der Waals surface area contributed by atoms with Crippen molar-refractivity contribution in [1.82, 2.24) is 0 Å². The molecule has 0 N–H and O–H groups in total. The Morgan fingerprint density at radius 3 is 2.73 bits per heavy atom. The van der Waals surface area contributed by atoms with Gasteiger partial charge in [0, 0.05) is 17.1 Å². The highest BCUT2D eigenvalue weighted by molar-refractivity contribution is 9.12. The minimum absolute atomic E-state index is 0.199. The molecule has 0 radical (unpaired) electrons. The largest absolute Gasteiger partial charge is 0.466 e. The standard InChI is InChI=1S/C7H12Br2O2/c1-6(10)11-4-2-3-7(9)5-8/h7H,2-5H2,1H3. The lowest BCUT2D eigenvalue weighted by Gasteiger charge is -2.04. The van der Waals surface area contributed by atoms with Crippen LogP contribution < -0.4 is 0 Å². The molecular weight excluding hydrogens is 276 g/mol. The van der Waals surface area contributed by atoms with Crippen LogP contribution in [-0.2, 0) is 9.53 Å². The van der Waals surface area contributed by atoms with Gasteiger partial charge in [0.2, 0.25) is 0 Å². The molecule has 0 aromatic rings. The topological polar surface area (TPSA) is 26.3 Å². The Balaban J connectivity index is 3.08. The van der Waals surface area contributed by atoms with Crippen LogP contribution in [0.2, 0.25) is 0 Å². The van der Waals surface area contributed by atoms with Gasteiger partial charge in [-0.15, -0.1) is 0 Å². The third-order valence-corrected chi connectivity index (χ3v) is 3.57. The number of esters is 1. The van der Waals surface area contributed by atoms with Crippen molar-refractivity contribution in [2.45, 2.75) is 24.6 Å². The first-order valence-electron chi connectivity index (χ1n) is 3.50. The van der Waals surface area contributed by atoms with Gasteiger partial charge in [-0.25, -0.2) is 0 Å². The molecule has 0 amide bonds. The van der Waals surface area contributed by atoms with Crippen LogP contribution in [0.1, 0.15) is 19.8 Å². The minimum atomic E-state index is -0.199. The Labute approximate surface area is 83.9 Å². The van der Waals surface area contributed by atoms with Gasteiger partial charge in [0.15, 0.2) is 0 Å². The average Bonchev–Trinajstić information content (AvgIpc) is 1.97. The third kappa shape index (κ3) is 8.34. The fourth-order valence-corrected chi connectivity index (χ4v) is 1.25. The normalized spacial score (nSPS) is 12.6. The highest BCUT2D eigenvalue weighted by atomic mass is 79.9. The second-order valence-corrected chi connectivity index (χ2v) is 4.18. The van der Waals surface area contributed by atoms with Crippen molar-refractivity contribution in [2.75, 3.05) is 11.9 Å². The van der Waals surface area contributed by atoms with Crippen LogP contribution in [0, 0.1) is 0 Å². The van der Waals surface area contributed by atoms with Gasteiger partial charge in [0.25, 0.3) is 0 Å². The number of hydrogen-bond donors (Lipinski definition) is 0. The molecule has 0 aliphatic carbocycles. The summed E-state index contributed by atoms with van der Waals surface area (Å²) in [5, 5.41) is 0.938. The zero-order chi connectivity index (χ0) is 8.69. The van der Waals surface area contributed by atoms with E-state index in [0.29, 0.717) is 11.4 Å². The maximum absolute atomic E-state index is 10.3. The van der Waals surface area contributed by atoms with E-state index in [4.69, 9.17) is 4.74 Å². The Morgan fingerprint density at radius 1 is 1.64 bits per heavy atom. The Hall–Kier alpha value is 0.430. The van der Waals surface area contributed by atoms with Crippen LogP contribution in [-0.4, -0.2) is 22.7 Å². The van der Waals surface area contributed by atoms with Gasteiger partial charge in [-0.05, 0) is 12.8 Å². The summed E-state index contributed by atoms with van der Waals surface area (Å²) in [5.41, 5.74) is 0. The van der Waals surface area contributed by atoms with Gasteiger partial charge in [-0.3, -0.25) is 4.79 Å². The van der Waals surface area contributed by atoms with Gasteiger partial charge in [-0.2, -0.15) is 0 Å². The van der Waals surface area contributed by atoms with E-state index in [9.17, 15) is 4.79 Å². The van der Waals surface area contributed by atoms with E-state index in [2.05, 4.69) is 31.9 Å². The van der Waals surface area contributed by atoms with E-state index in [-0.39, 0.29) is 5.97 Å². The first-order valence-corrected chi connectivity index (χ1v) is 5.54. The van der Waals surface area contributed by atoms with Crippen molar-refractivity contribution in [3.05, 3.63) is 0 Å². The second kappa shape index (κ2) is 7.10. The van der Waals surface area contributed by atoms with E-state index < -0.39 is 0 Å².